The van der Waals surface area contributed by atoms with Gasteiger partial charge in [-0.05, 0) is 43.2 Å². The van der Waals surface area contributed by atoms with Gasteiger partial charge in [-0.1, -0.05) is 11.2 Å². The van der Waals surface area contributed by atoms with Crippen LogP contribution in [0.25, 0.3) is 6.08 Å². The van der Waals surface area contributed by atoms with Crippen molar-refractivity contribution < 1.29 is 22.5 Å². The first kappa shape index (κ1) is 16.8. The van der Waals surface area contributed by atoms with Crippen LogP contribution in [0.5, 0.6) is 0 Å². The van der Waals surface area contributed by atoms with E-state index in [1.165, 1.54) is 36.6 Å². The lowest BCUT2D eigenvalue weighted by Gasteiger charge is -2.07. The second-order valence-electron chi connectivity index (χ2n) is 4.59. The highest BCUT2D eigenvalue weighted by atomic mass is 32.2. The molecule has 0 unspecified atom stereocenters. The molecule has 0 atom stereocenters. The third-order valence-electron chi connectivity index (χ3n) is 2.92. The summed E-state index contributed by atoms with van der Waals surface area (Å²) in [6.07, 6.45) is 4.04. The van der Waals surface area contributed by atoms with Gasteiger partial charge >= 0.3 is 5.97 Å². The summed E-state index contributed by atoms with van der Waals surface area (Å²) in [4.78, 5) is 11.4. The van der Waals surface area contributed by atoms with E-state index in [4.69, 9.17) is 4.74 Å². The highest BCUT2D eigenvalue weighted by Gasteiger charge is 2.16. The van der Waals surface area contributed by atoms with Crippen LogP contribution in [-0.4, -0.2) is 26.2 Å². The van der Waals surface area contributed by atoms with E-state index in [1.807, 2.05) is 6.92 Å². The molecule has 1 N–H and O–H groups in total. The Bertz CT molecular complexity index is 810. The van der Waals surface area contributed by atoms with Gasteiger partial charge in [0, 0.05) is 12.1 Å². The molecule has 1 aromatic carbocycles. The van der Waals surface area contributed by atoms with Crippen LogP contribution < -0.4 is 4.72 Å². The van der Waals surface area contributed by atoms with Crippen LogP contribution in [0.4, 0.5) is 5.82 Å². The van der Waals surface area contributed by atoms with Crippen LogP contribution in [0.2, 0.25) is 0 Å². The van der Waals surface area contributed by atoms with Crippen molar-refractivity contribution in [3.8, 4) is 0 Å². The molecular formula is C15H16N2O5S. The van der Waals surface area contributed by atoms with Crippen molar-refractivity contribution in [2.24, 2.45) is 0 Å². The molecule has 23 heavy (non-hydrogen) atoms. The number of aryl methyl sites for hydroxylation is 1. The summed E-state index contributed by atoms with van der Waals surface area (Å²) in [5.74, 6) is -0.393. The SMILES string of the molecule is CCOC(=O)C=Cc1cc(S(=O)(=O)Nc2ccon2)ccc1C. The number of carbonyl (C=O) groups excluding carboxylic acids is 1. The average Bonchev–Trinajstić information content (AvgIpc) is 2.98. The van der Waals surface area contributed by atoms with Crippen LogP contribution in [0, 0.1) is 6.92 Å². The number of carbonyl (C=O) groups is 1. The first-order chi connectivity index (χ1) is 10.9. The monoisotopic (exact) mass is 336 g/mol. The molecule has 1 aromatic heterocycles. The summed E-state index contributed by atoms with van der Waals surface area (Å²) >= 11 is 0. The molecule has 0 saturated carbocycles. The summed E-state index contributed by atoms with van der Waals surface area (Å²) in [7, 11) is -3.79. The van der Waals surface area contributed by atoms with E-state index in [-0.39, 0.29) is 17.3 Å². The van der Waals surface area contributed by atoms with Crippen LogP contribution in [0.1, 0.15) is 18.1 Å². The average molecular weight is 336 g/mol. The van der Waals surface area contributed by atoms with Gasteiger partial charge in [0.1, 0.15) is 6.26 Å². The zero-order valence-electron chi connectivity index (χ0n) is 12.6. The molecule has 8 heteroatoms. The number of ether oxygens (including phenoxy) is 1. The van der Waals surface area contributed by atoms with Crippen molar-refractivity contribution in [2.45, 2.75) is 18.7 Å². The van der Waals surface area contributed by atoms with Gasteiger partial charge in [-0.25, -0.2) is 13.2 Å². The second-order valence-corrected chi connectivity index (χ2v) is 6.28. The molecule has 122 valence electrons. The third kappa shape index (κ3) is 4.43. The highest BCUT2D eigenvalue weighted by Crippen LogP contribution is 2.19. The van der Waals surface area contributed by atoms with Gasteiger partial charge in [0.2, 0.25) is 0 Å². The molecule has 0 bridgehead atoms. The fraction of sp³-hybridized carbons (Fsp3) is 0.200. The largest absolute Gasteiger partial charge is 0.463 e. The zero-order valence-corrected chi connectivity index (χ0v) is 13.5. The molecule has 2 rings (SSSR count). The van der Waals surface area contributed by atoms with Gasteiger partial charge in [0.25, 0.3) is 10.0 Å². The zero-order chi connectivity index (χ0) is 16.9. The number of anilines is 1. The Hall–Kier alpha value is -2.61. The normalized spacial score (nSPS) is 11.6. The van der Waals surface area contributed by atoms with E-state index in [1.54, 1.807) is 13.0 Å². The highest BCUT2D eigenvalue weighted by molar-refractivity contribution is 7.92. The quantitative estimate of drug-likeness (QED) is 0.642. The minimum atomic E-state index is -3.79. The summed E-state index contributed by atoms with van der Waals surface area (Å²) in [6.45, 7) is 3.80. The van der Waals surface area contributed by atoms with Crippen molar-refractivity contribution in [1.82, 2.24) is 5.16 Å². The summed E-state index contributed by atoms with van der Waals surface area (Å²) in [5, 5.41) is 3.51. The van der Waals surface area contributed by atoms with Crippen molar-refractivity contribution in [3.05, 3.63) is 47.7 Å². The molecule has 0 fully saturated rings. The summed E-state index contributed by atoms with van der Waals surface area (Å²) in [6, 6.07) is 5.99. The molecule has 0 saturated heterocycles. The van der Waals surface area contributed by atoms with Crippen LogP contribution in [0.3, 0.4) is 0 Å². The molecule has 0 aliphatic carbocycles. The van der Waals surface area contributed by atoms with Gasteiger partial charge in [-0.2, -0.15) is 0 Å². The van der Waals surface area contributed by atoms with Crippen LogP contribution in [-0.2, 0) is 19.6 Å². The Labute approximate surface area is 134 Å². The number of nitrogens with one attached hydrogen (secondary N) is 1. The molecule has 2 aromatic rings. The Kier molecular flexibility index (Phi) is 5.17. The van der Waals surface area contributed by atoms with E-state index >= 15 is 0 Å². The first-order valence-electron chi connectivity index (χ1n) is 6.81. The molecule has 0 radical (unpaired) electrons. The maximum Gasteiger partial charge on any atom is 0.330 e. The van der Waals surface area contributed by atoms with Crippen molar-refractivity contribution in [2.75, 3.05) is 11.3 Å². The van der Waals surface area contributed by atoms with Gasteiger partial charge in [-0.15, -0.1) is 0 Å². The fourth-order valence-electron chi connectivity index (χ4n) is 1.78. The lowest BCUT2D eigenvalue weighted by atomic mass is 10.1. The third-order valence-corrected chi connectivity index (χ3v) is 4.28. The van der Waals surface area contributed by atoms with Gasteiger partial charge in [0.05, 0.1) is 11.5 Å². The number of sulfonamides is 1. The molecule has 0 aliphatic heterocycles. The predicted octanol–water partition coefficient (Wildman–Crippen LogP) is 2.36. The minimum absolute atomic E-state index is 0.0506. The number of nitrogens with zero attached hydrogens (tertiary/aromatic N) is 1. The Morgan fingerprint density at radius 2 is 2.17 bits per heavy atom. The summed E-state index contributed by atoms with van der Waals surface area (Å²) < 4.78 is 36.3. The lowest BCUT2D eigenvalue weighted by Crippen LogP contribution is -2.13. The van der Waals surface area contributed by atoms with Crippen LogP contribution in [0.15, 0.2) is 46.0 Å². The van der Waals surface area contributed by atoms with E-state index in [2.05, 4.69) is 14.4 Å². The standard InChI is InChI=1S/C15H16N2O5S/c1-3-21-15(18)7-5-12-10-13(6-4-11(12)2)23(19,20)17-14-8-9-22-16-14/h4-10H,3H2,1-2H3,(H,16,17). The second kappa shape index (κ2) is 7.10. The Morgan fingerprint density at radius 3 is 2.83 bits per heavy atom. The number of benzene rings is 1. The minimum Gasteiger partial charge on any atom is -0.463 e. The molecule has 0 amide bonds. The number of esters is 1. The van der Waals surface area contributed by atoms with Crippen LogP contribution >= 0.6 is 0 Å². The number of aromatic nitrogens is 1. The lowest BCUT2D eigenvalue weighted by molar-refractivity contribution is -0.137. The van der Waals surface area contributed by atoms with Crippen molar-refractivity contribution >= 4 is 27.9 Å². The molecular weight excluding hydrogens is 320 g/mol. The number of hydrogen-bond donors (Lipinski definition) is 1. The van der Waals surface area contributed by atoms with Gasteiger partial charge < -0.3 is 9.26 Å². The molecule has 1 heterocycles. The predicted molar refractivity (Wildman–Crippen MR) is 84.2 cm³/mol. The van der Waals surface area contributed by atoms with Crippen molar-refractivity contribution in [1.29, 1.82) is 0 Å². The summed E-state index contributed by atoms with van der Waals surface area (Å²) in [5.41, 5.74) is 1.42. The Morgan fingerprint density at radius 1 is 1.39 bits per heavy atom. The van der Waals surface area contributed by atoms with Crippen molar-refractivity contribution in [3.63, 3.8) is 0 Å². The fourth-order valence-corrected chi connectivity index (χ4v) is 2.80. The number of hydrogen-bond acceptors (Lipinski definition) is 6. The van der Waals surface area contributed by atoms with E-state index in [0.717, 1.165) is 5.56 Å². The first-order valence-corrected chi connectivity index (χ1v) is 8.29. The smallest absolute Gasteiger partial charge is 0.330 e. The Balaban J connectivity index is 2.27. The van der Waals surface area contributed by atoms with Gasteiger partial charge in [0.15, 0.2) is 5.82 Å². The topological polar surface area (TPSA) is 98.5 Å². The maximum atomic E-state index is 12.3. The van der Waals surface area contributed by atoms with E-state index in [9.17, 15) is 13.2 Å². The van der Waals surface area contributed by atoms with E-state index in [0.29, 0.717) is 5.56 Å². The van der Waals surface area contributed by atoms with Gasteiger partial charge in [-0.3, -0.25) is 4.72 Å². The molecule has 7 nitrogen and oxygen atoms in total. The number of rotatable bonds is 6. The maximum absolute atomic E-state index is 12.3. The molecule has 0 spiro atoms. The van der Waals surface area contributed by atoms with E-state index < -0.39 is 16.0 Å². The molecule has 0 aliphatic rings.